The van der Waals surface area contributed by atoms with E-state index in [4.69, 9.17) is 20.2 Å². The molecule has 2 aliphatic rings. The lowest BCUT2D eigenvalue weighted by molar-refractivity contribution is 0.624. The number of hydrogen-bond donors (Lipinski definition) is 1. The average Bonchev–Trinajstić information content (AvgIpc) is 3.02. The SMILES string of the molecule is N#Cc1ccc(Nc2nc(N3CCN(c4ccccc4)CC3)nc(N3CCN(c4ccccc4)CC3)n2)cn1. The van der Waals surface area contributed by atoms with E-state index in [2.05, 4.69) is 84.5 Å². The topological polar surface area (TPSA) is 100 Å². The van der Waals surface area contributed by atoms with Gasteiger partial charge in [-0.1, -0.05) is 36.4 Å². The maximum atomic E-state index is 9.08. The van der Waals surface area contributed by atoms with Gasteiger partial charge >= 0.3 is 0 Å². The Labute approximate surface area is 228 Å². The highest BCUT2D eigenvalue weighted by molar-refractivity contribution is 5.57. The van der Waals surface area contributed by atoms with Crippen LogP contribution in [-0.4, -0.2) is 72.3 Å². The Kier molecular flexibility index (Phi) is 7.03. The molecule has 0 amide bonds. The van der Waals surface area contributed by atoms with Crippen molar-refractivity contribution in [3.63, 3.8) is 0 Å². The van der Waals surface area contributed by atoms with Crippen molar-refractivity contribution in [2.75, 3.05) is 77.3 Å². The van der Waals surface area contributed by atoms with Gasteiger partial charge in [0.05, 0.1) is 11.9 Å². The van der Waals surface area contributed by atoms with E-state index in [-0.39, 0.29) is 0 Å². The molecule has 2 fully saturated rings. The summed E-state index contributed by atoms with van der Waals surface area (Å²) >= 11 is 0. The van der Waals surface area contributed by atoms with Crippen molar-refractivity contribution in [2.45, 2.75) is 0 Å². The summed E-state index contributed by atoms with van der Waals surface area (Å²) in [5.74, 6) is 1.81. The molecular formula is C29H30N10. The van der Waals surface area contributed by atoms with E-state index in [0.717, 1.165) is 58.0 Å². The van der Waals surface area contributed by atoms with E-state index in [9.17, 15) is 0 Å². The maximum absolute atomic E-state index is 9.08. The van der Waals surface area contributed by atoms with Crippen LogP contribution in [0.5, 0.6) is 0 Å². The number of nitrogens with zero attached hydrogens (tertiary/aromatic N) is 9. The van der Waals surface area contributed by atoms with E-state index in [1.807, 2.05) is 18.2 Å². The predicted octanol–water partition coefficient (Wildman–Crippen LogP) is 3.54. The van der Waals surface area contributed by atoms with Gasteiger partial charge in [0.25, 0.3) is 0 Å². The number of anilines is 6. The van der Waals surface area contributed by atoms with Gasteiger partial charge in [-0.25, -0.2) is 4.98 Å². The van der Waals surface area contributed by atoms with Crippen LogP contribution < -0.4 is 24.9 Å². The number of benzene rings is 2. The number of aromatic nitrogens is 4. The lowest BCUT2D eigenvalue weighted by Gasteiger charge is -2.38. The zero-order valence-corrected chi connectivity index (χ0v) is 21.7. The summed E-state index contributed by atoms with van der Waals surface area (Å²) in [4.78, 5) is 27.9. The van der Waals surface area contributed by atoms with E-state index in [0.29, 0.717) is 23.5 Å². The normalized spacial score (nSPS) is 15.7. The highest BCUT2D eigenvalue weighted by Crippen LogP contribution is 2.24. The molecule has 2 aromatic heterocycles. The molecule has 0 aliphatic carbocycles. The fourth-order valence-corrected chi connectivity index (χ4v) is 4.96. The van der Waals surface area contributed by atoms with Gasteiger partial charge in [-0.2, -0.15) is 20.2 Å². The molecule has 10 heteroatoms. The molecule has 2 aromatic carbocycles. The fraction of sp³-hybridized carbons (Fsp3) is 0.276. The van der Waals surface area contributed by atoms with Crippen molar-refractivity contribution in [1.29, 1.82) is 5.26 Å². The lowest BCUT2D eigenvalue weighted by Crippen LogP contribution is -2.48. The van der Waals surface area contributed by atoms with Crippen LogP contribution in [0.25, 0.3) is 0 Å². The van der Waals surface area contributed by atoms with Gasteiger partial charge in [0, 0.05) is 63.7 Å². The van der Waals surface area contributed by atoms with Crippen LogP contribution >= 0.6 is 0 Å². The Bertz CT molecular complexity index is 1330. The Balaban J connectivity index is 1.22. The Morgan fingerprint density at radius 3 is 1.51 bits per heavy atom. The Morgan fingerprint density at radius 2 is 1.08 bits per heavy atom. The van der Waals surface area contributed by atoms with E-state index >= 15 is 0 Å². The molecule has 0 saturated carbocycles. The largest absolute Gasteiger partial charge is 0.368 e. The lowest BCUT2D eigenvalue weighted by atomic mass is 10.2. The van der Waals surface area contributed by atoms with Crippen molar-refractivity contribution >= 4 is 34.9 Å². The van der Waals surface area contributed by atoms with E-state index < -0.39 is 0 Å². The predicted molar refractivity (Wildman–Crippen MR) is 154 cm³/mol. The van der Waals surface area contributed by atoms with Crippen LogP contribution in [0.3, 0.4) is 0 Å². The summed E-state index contributed by atoms with van der Waals surface area (Å²) in [7, 11) is 0. The van der Waals surface area contributed by atoms with Crippen molar-refractivity contribution < 1.29 is 0 Å². The summed E-state index contributed by atoms with van der Waals surface area (Å²) in [5, 5.41) is 12.4. The molecule has 2 aliphatic heterocycles. The second kappa shape index (κ2) is 11.2. The number of nitriles is 1. The van der Waals surface area contributed by atoms with E-state index in [1.165, 1.54) is 11.4 Å². The average molecular weight is 519 g/mol. The molecule has 39 heavy (non-hydrogen) atoms. The second-order valence-corrected chi connectivity index (χ2v) is 9.55. The quantitative estimate of drug-likeness (QED) is 0.408. The van der Waals surface area contributed by atoms with Gasteiger partial charge in [-0.15, -0.1) is 0 Å². The molecule has 6 rings (SSSR count). The number of para-hydroxylation sites is 2. The molecule has 2 saturated heterocycles. The van der Waals surface area contributed by atoms with Gasteiger partial charge in [-0.05, 0) is 36.4 Å². The zero-order chi connectivity index (χ0) is 26.4. The molecule has 4 heterocycles. The first-order valence-corrected chi connectivity index (χ1v) is 13.2. The molecular weight excluding hydrogens is 488 g/mol. The van der Waals surface area contributed by atoms with Crippen LogP contribution in [0, 0.1) is 11.3 Å². The molecule has 0 unspecified atom stereocenters. The van der Waals surface area contributed by atoms with Crippen molar-refractivity contribution in [3.8, 4) is 6.07 Å². The first-order chi connectivity index (χ1) is 19.2. The molecule has 1 N–H and O–H groups in total. The van der Waals surface area contributed by atoms with Crippen LogP contribution in [0.4, 0.5) is 34.9 Å². The standard InChI is InChI=1S/C29H30N10/c30-21-23-11-12-24(22-31-23)32-27-33-28(38-17-13-36(14-18-38)25-7-3-1-4-8-25)35-29(34-27)39-19-15-37(16-20-39)26-9-5-2-6-10-26/h1-12,22H,13-20H2,(H,32,33,34,35). The molecule has 0 bridgehead atoms. The molecule has 196 valence electrons. The third kappa shape index (κ3) is 5.67. The summed E-state index contributed by atoms with van der Waals surface area (Å²) in [6, 6.07) is 26.5. The molecule has 4 aromatic rings. The number of nitrogens with one attached hydrogen (secondary N) is 1. The molecule has 0 radical (unpaired) electrons. The van der Waals surface area contributed by atoms with Gasteiger partial charge in [0.1, 0.15) is 11.8 Å². The van der Waals surface area contributed by atoms with Crippen molar-refractivity contribution in [1.82, 2.24) is 19.9 Å². The highest BCUT2D eigenvalue weighted by atomic mass is 15.4. The Hall–Kier alpha value is -4.91. The Morgan fingerprint density at radius 1 is 0.590 bits per heavy atom. The monoisotopic (exact) mass is 518 g/mol. The van der Waals surface area contributed by atoms with Gasteiger partial charge in [0.2, 0.25) is 17.8 Å². The minimum atomic E-state index is 0.366. The summed E-state index contributed by atoms with van der Waals surface area (Å²) < 4.78 is 0. The van der Waals surface area contributed by atoms with Crippen LogP contribution in [0.2, 0.25) is 0 Å². The number of hydrogen-bond acceptors (Lipinski definition) is 10. The van der Waals surface area contributed by atoms with Gasteiger partial charge < -0.3 is 24.9 Å². The van der Waals surface area contributed by atoms with Gasteiger partial charge in [0.15, 0.2) is 0 Å². The van der Waals surface area contributed by atoms with Crippen LogP contribution in [0.1, 0.15) is 5.69 Å². The highest BCUT2D eigenvalue weighted by Gasteiger charge is 2.24. The third-order valence-corrected chi connectivity index (χ3v) is 7.11. The van der Waals surface area contributed by atoms with Crippen molar-refractivity contribution in [3.05, 3.63) is 84.7 Å². The summed E-state index contributed by atoms with van der Waals surface area (Å²) in [6.07, 6.45) is 1.62. The first kappa shape index (κ1) is 24.4. The van der Waals surface area contributed by atoms with Gasteiger partial charge in [-0.3, -0.25) is 0 Å². The maximum Gasteiger partial charge on any atom is 0.233 e. The smallest absolute Gasteiger partial charge is 0.233 e. The number of piperazine rings is 2. The van der Waals surface area contributed by atoms with Crippen molar-refractivity contribution in [2.24, 2.45) is 0 Å². The minimum Gasteiger partial charge on any atom is -0.368 e. The first-order valence-electron chi connectivity index (χ1n) is 13.2. The zero-order valence-electron chi connectivity index (χ0n) is 21.7. The third-order valence-electron chi connectivity index (χ3n) is 7.11. The molecule has 0 spiro atoms. The summed E-state index contributed by atoms with van der Waals surface area (Å²) in [6.45, 7) is 6.84. The van der Waals surface area contributed by atoms with Crippen LogP contribution in [0.15, 0.2) is 79.0 Å². The second-order valence-electron chi connectivity index (χ2n) is 9.55. The number of pyridine rings is 1. The van der Waals surface area contributed by atoms with E-state index in [1.54, 1.807) is 12.3 Å². The van der Waals surface area contributed by atoms with Crippen LogP contribution in [-0.2, 0) is 0 Å². The fourth-order valence-electron chi connectivity index (χ4n) is 4.96. The minimum absolute atomic E-state index is 0.366. The number of rotatable bonds is 6. The molecule has 0 atom stereocenters. The summed E-state index contributed by atoms with van der Waals surface area (Å²) in [5.41, 5.74) is 3.56. The molecule has 10 nitrogen and oxygen atoms in total.